The number of carbonyl (C=O) groups is 3. The topological polar surface area (TPSA) is 102 Å². The Morgan fingerprint density at radius 2 is 0.706 bits per heavy atom. The molecular formula is C43H81NO7. The number of likely N-dealkylation sites (N-methyl/N-ethyl adjacent to an activating group) is 1. The van der Waals surface area contributed by atoms with Crippen LogP contribution in [0, 0.1) is 189 Å². The van der Waals surface area contributed by atoms with Gasteiger partial charge in [-0.05, 0) is 180 Å². The van der Waals surface area contributed by atoms with E-state index in [9.17, 15) is 9.59 Å². The van der Waals surface area contributed by atoms with Gasteiger partial charge in [0, 0.05) is 54.6 Å². The first-order valence-electron chi connectivity index (χ1n) is 13.6. The highest BCUT2D eigenvalue weighted by atomic mass is 17.1. The highest BCUT2D eigenvalue weighted by Gasteiger charge is 2.16. The number of hydrogen-bond donors (Lipinski definition) is 0. The van der Waals surface area contributed by atoms with Crippen LogP contribution in [-0.4, -0.2) is 63.3 Å². The van der Waals surface area contributed by atoms with Gasteiger partial charge in [-0.25, -0.2) is 9.59 Å². The third-order valence-corrected chi connectivity index (χ3v) is 4.10. The molecule has 300 valence electrons. The van der Waals surface area contributed by atoms with Crippen LogP contribution in [-0.2, 0) is 28.7 Å². The normalized spacial score (nSPS) is 6.14. The maximum Gasteiger partial charge on any atom is 0.385 e. The summed E-state index contributed by atoms with van der Waals surface area (Å²) in [6.45, 7) is 4.30. The van der Waals surface area contributed by atoms with Crippen LogP contribution in [0.25, 0.3) is 0 Å². The van der Waals surface area contributed by atoms with Gasteiger partial charge in [0.05, 0.1) is 14.1 Å². The van der Waals surface area contributed by atoms with Crippen molar-refractivity contribution in [3.8, 4) is 189 Å². The minimum Gasteiger partial charge on any atom is -0.662 e. The fraction of sp³-hybridized carbons (Fsp3) is 0.186. The molecule has 0 N–H and O–H groups in total. The van der Waals surface area contributed by atoms with Crippen molar-refractivity contribution in [1.82, 2.24) is 0 Å². The Kier molecular flexibility index (Phi) is 31.1. The third kappa shape index (κ3) is 39.3. The minimum atomic E-state index is -0.728. The van der Waals surface area contributed by atoms with Gasteiger partial charge >= 0.3 is 11.9 Å². The predicted molar refractivity (Wildman–Crippen MR) is 250 cm³/mol. The van der Waals surface area contributed by atoms with Crippen LogP contribution in [0.4, 0.5) is 0 Å². The molecule has 8 heteroatoms. The molecule has 0 atom stereocenters. The van der Waals surface area contributed by atoms with Gasteiger partial charge in [-0.3, -0.25) is 4.79 Å². The Morgan fingerprint density at radius 3 is 0.922 bits per heavy atom. The number of carbonyl (C=O) groups excluding carboxylic acids is 3. The van der Waals surface area contributed by atoms with E-state index in [1.165, 1.54) is 0 Å². The standard InChI is InChI=1S/C42H20NO4.CH2O3.30H2/c1-5-7-9-11-13-15-17-19-21-23-25-27-29-31-33-35-41(44)46-39-37-43(3,4)38-40-47-42(45)36-34-32-30-28-26-24-22-20-18-16-14-12-10-8-6-2;2-1-4-3;;;;;;;;;;;;;;;;;;;;;;;;;;;;;;/h37-40H2,1-4H3;1,3H;30*1H/q+1;;;;;;;;;;;;;;;;;;;;;;;;;;;;;;;/p-1. The van der Waals surface area contributed by atoms with E-state index in [1.54, 1.807) is 13.8 Å². The Morgan fingerprint density at radius 1 is 0.490 bits per heavy atom. The fourth-order valence-corrected chi connectivity index (χ4v) is 1.99. The maximum absolute atomic E-state index is 11.8. The van der Waals surface area contributed by atoms with E-state index in [2.05, 4.69) is 194 Å². The highest BCUT2D eigenvalue weighted by Crippen LogP contribution is 1.97. The van der Waals surface area contributed by atoms with Gasteiger partial charge in [0.15, 0.2) is 0 Å². The van der Waals surface area contributed by atoms with Gasteiger partial charge < -0.3 is 24.1 Å². The second-order valence-electron chi connectivity index (χ2n) is 8.10. The summed E-state index contributed by atoms with van der Waals surface area (Å²) in [5.41, 5.74) is 0. The van der Waals surface area contributed by atoms with E-state index in [0.29, 0.717) is 17.6 Å². The number of quaternary nitrogens is 1. The van der Waals surface area contributed by atoms with Gasteiger partial charge in [0.1, 0.15) is 26.3 Å². The van der Waals surface area contributed by atoms with E-state index in [-0.39, 0.29) is 62.5 Å². The number of rotatable bonds is 7. The summed E-state index contributed by atoms with van der Waals surface area (Å²) in [6.07, 6.45) is 0. The molecule has 0 aromatic heterocycles. The van der Waals surface area contributed by atoms with Crippen LogP contribution in [0.15, 0.2) is 0 Å². The quantitative estimate of drug-likeness (QED) is 0.0599. The first kappa shape index (κ1) is 44.4. The third-order valence-electron chi connectivity index (χ3n) is 4.10. The van der Waals surface area contributed by atoms with Crippen molar-refractivity contribution in [2.45, 2.75) is 13.8 Å². The largest absolute Gasteiger partial charge is 0.662 e. The van der Waals surface area contributed by atoms with Crippen molar-refractivity contribution in [1.29, 1.82) is 0 Å². The first-order valence-corrected chi connectivity index (χ1v) is 13.6. The molecule has 0 radical (unpaired) electrons. The van der Waals surface area contributed by atoms with Crippen LogP contribution in [0.3, 0.4) is 0 Å². The molecule has 0 fully saturated rings. The molecule has 0 aliphatic rings. The van der Waals surface area contributed by atoms with Gasteiger partial charge in [-0.1, -0.05) is 11.8 Å². The van der Waals surface area contributed by atoms with E-state index in [4.69, 9.17) is 19.5 Å². The van der Waals surface area contributed by atoms with Crippen molar-refractivity contribution in [3.63, 3.8) is 0 Å². The van der Waals surface area contributed by atoms with Gasteiger partial charge in [0.25, 0.3) is 6.47 Å². The van der Waals surface area contributed by atoms with E-state index < -0.39 is 11.9 Å². The smallest absolute Gasteiger partial charge is 0.385 e. The first-order chi connectivity index (χ1) is 24.8. The Balaban J connectivity index is -0.0000000227. The van der Waals surface area contributed by atoms with Crippen LogP contribution < -0.4 is 5.26 Å². The lowest BCUT2D eigenvalue weighted by Gasteiger charge is -2.28. The van der Waals surface area contributed by atoms with Gasteiger partial charge in [-0.2, -0.15) is 0 Å². The molecule has 0 heterocycles. The average molecular weight is 724 g/mol. The zero-order chi connectivity index (χ0) is 37.9. The SMILES string of the molecule is CC#CC#CC#CC#CC#CC#CC#CC#CC(=O)OCC[N+](C)(C)CCOC(=O)C#CC#CC#CC#CC#CC#CC#CC#CC.O=CO[O-].[HH].[HH].[HH].[HH].[HH].[HH].[HH].[HH].[HH].[HH].[HH].[HH].[HH].[HH].[HH].[HH].[HH].[HH].[HH].[HH].[HH].[HH].[HH].[HH].[HH].[HH].[HH].[HH].[HH].[HH]. The second-order valence-corrected chi connectivity index (χ2v) is 8.10. The van der Waals surface area contributed by atoms with Crippen molar-refractivity contribution < 1.29 is 81.3 Å². The Bertz CT molecular complexity index is 2260. The lowest BCUT2D eigenvalue weighted by Crippen LogP contribution is -2.45. The summed E-state index contributed by atoms with van der Waals surface area (Å²) in [4.78, 5) is 34.8. The monoisotopic (exact) mass is 724 g/mol. The molecule has 0 amide bonds. The highest BCUT2D eigenvalue weighted by molar-refractivity contribution is 5.89. The second kappa shape index (κ2) is 35.8. The molecule has 0 aromatic carbocycles. The maximum atomic E-state index is 11.8. The van der Waals surface area contributed by atoms with Crippen LogP contribution in [0.5, 0.6) is 0 Å². The number of esters is 2. The minimum absolute atomic E-state index is 0. The number of ether oxygens (including phenoxy) is 2. The molecule has 0 aliphatic heterocycles. The van der Waals surface area contributed by atoms with Crippen LogP contribution in [0.1, 0.15) is 56.6 Å². The Hall–Kier alpha value is -8.71. The zero-order valence-electron chi connectivity index (χ0n) is 27.7. The molecule has 0 aliphatic carbocycles. The number of hydrogen-bond acceptors (Lipinski definition) is 7. The van der Waals surface area contributed by atoms with E-state index in [1.807, 2.05) is 14.1 Å². The summed E-state index contributed by atoms with van der Waals surface area (Å²) in [6, 6.07) is 0. The van der Waals surface area contributed by atoms with Crippen molar-refractivity contribution in [2.75, 3.05) is 40.4 Å². The molecule has 0 bridgehead atoms. The zero-order valence-corrected chi connectivity index (χ0v) is 27.7. The average Bonchev–Trinajstić information content (AvgIpc) is 3.11. The Labute approximate surface area is 344 Å². The molecule has 8 nitrogen and oxygen atoms in total. The summed E-state index contributed by atoms with van der Waals surface area (Å²) in [7, 11) is 3.77. The molecule has 0 spiro atoms. The van der Waals surface area contributed by atoms with Crippen LogP contribution in [0.2, 0.25) is 0 Å². The molecule has 0 unspecified atom stereocenters. The van der Waals surface area contributed by atoms with E-state index >= 15 is 0 Å². The lowest BCUT2D eigenvalue weighted by molar-refractivity contribution is -0.890. The summed E-state index contributed by atoms with van der Waals surface area (Å²) in [5.74, 6) is 77.5. The van der Waals surface area contributed by atoms with Gasteiger partial charge in [-0.15, -0.1) is 0 Å². The molecular weight excluding hydrogens is 642 g/mol. The summed E-state index contributed by atoms with van der Waals surface area (Å²) >= 11 is 0. The summed E-state index contributed by atoms with van der Waals surface area (Å²) < 4.78 is 10.6. The molecule has 0 aromatic rings. The molecule has 0 rings (SSSR count). The summed E-state index contributed by atoms with van der Waals surface area (Å²) in [5, 5.41) is 8.43. The van der Waals surface area contributed by atoms with Crippen molar-refractivity contribution in [3.05, 3.63) is 0 Å². The fourth-order valence-electron chi connectivity index (χ4n) is 1.99. The van der Waals surface area contributed by atoms with Crippen molar-refractivity contribution >= 4 is 18.4 Å². The van der Waals surface area contributed by atoms with Crippen molar-refractivity contribution in [2.24, 2.45) is 0 Å². The number of nitrogens with zero attached hydrogens (tertiary/aromatic N) is 1. The predicted octanol–water partition coefficient (Wildman–Crippen LogP) is 6.06. The van der Waals surface area contributed by atoms with E-state index in [0.717, 1.165) is 0 Å². The molecule has 0 saturated carbocycles. The van der Waals surface area contributed by atoms with Gasteiger partial charge in [0.2, 0.25) is 0 Å². The molecule has 0 saturated heterocycles. The molecule has 51 heavy (non-hydrogen) atoms. The van der Waals surface area contributed by atoms with Crippen LogP contribution >= 0.6 is 0 Å². The lowest BCUT2D eigenvalue weighted by atomic mass is 10.4.